The fraction of sp³-hybridized carbons (Fsp3) is 0.562. The predicted molar refractivity (Wildman–Crippen MR) is 82.1 cm³/mol. The van der Waals surface area contributed by atoms with Gasteiger partial charge in [-0.1, -0.05) is 19.8 Å². The molecule has 4 N–H and O–H groups in total. The molecule has 0 amide bonds. The number of benzene rings is 1. The molecule has 1 fully saturated rings. The van der Waals surface area contributed by atoms with Gasteiger partial charge in [-0.15, -0.1) is 0 Å². The molecule has 0 spiro atoms. The van der Waals surface area contributed by atoms with Crippen molar-refractivity contribution in [2.75, 3.05) is 11.1 Å². The van der Waals surface area contributed by atoms with Crippen molar-refractivity contribution < 1.29 is 9.90 Å². The Morgan fingerprint density at radius 3 is 2.65 bits per heavy atom. The van der Waals surface area contributed by atoms with Crippen molar-refractivity contribution in [1.82, 2.24) is 0 Å². The van der Waals surface area contributed by atoms with E-state index in [0.29, 0.717) is 11.7 Å². The summed E-state index contributed by atoms with van der Waals surface area (Å²) in [5.41, 5.74) is 7.58. The molecule has 4 heteroatoms. The summed E-state index contributed by atoms with van der Waals surface area (Å²) in [5.74, 6) is -0.0551. The first-order valence-electron chi connectivity index (χ1n) is 7.49. The molecule has 0 radical (unpaired) electrons. The summed E-state index contributed by atoms with van der Waals surface area (Å²) in [7, 11) is 0. The van der Waals surface area contributed by atoms with E-state index in [-0.39, 0.29) is 5.56 Å². The number of hydrogen-bond donors (Lipinski definition) is 3. The van der Waals surface area contributed by atoms with Gasteiger partial charge in [0.05, 0.1) is 16.9 Å². The van der Waals surface area contributed by atoms with E-state index in [1.807, 2.05) is 0 Å². The number of anilines is 2. The first-order valence-corrected chi connectivity index (χ1v) is 7.49. The lowest BCUT2D eigenvalue weighted by Gasteiger charge is -2.30. The van der Waals surface area contributed by atoms with Crippen LogP contribution < -0.4 is 11.1 Å². The molecule has 0 saturated heterocycles. The molecule has 0 heterocycles. The molecular formula is C16H24N2O2. The topological polar surface area (TPSA) is 75.3 Å². The highest BCUT2D eigenvalue weighted by Gasteiger charge is 2.21. The summed E-state index contributed by atoms with van der Waals surface area (Å²) in [6, 6.07) is 5.25. The molecule has 0 aliphatic heterocycles. The fourth-order valence-electron chi connectivity index (χ4n) is 3.04. The monoisotopic (exact) mass is 276 g/mol. The molecule has 4 nitrogen and oxygen atoms in total. The summed E-state index contributed by atoms with van der Waals surface area (Å²) < 4.78 is 0. The van der Waals surface area contributed by atoms with E-state index in [4.69, 9.17) is 10.8 Å². The Morgan fingerprint density at radius 2 is 2.05 bits per heavy atom. The van der Waals surface area contributed by atoms with Crippen molar-refractivity contribution in [3.63, 3.8) is 0 Å². The lowest BCUT2D eigenvalue weighted by molar-refractivity contribution is 0.0697. The van der Waals surface area contributed by atoms with Crippen LogP contribution in [0.15, 0.2) is 18.2 Å². The average molecular weight is 276 g/mol. The van der Waals surface area contributed by atoms with Gasteiger partial charge in [0.15, 0.2) is 0 Å². The molecule has 1 aliphatic carbocycles. The molecule has 20 heavy (non-hydrogen) atoms. The molecule has 0 bridgehead atoms. The Balaban J connectivity index is 1.97. The summed E-state index contributed by atoms with van der Waals surface area (Å²) >= 11 is 0. The summed E-state index contributed by atoms with van der Waals surface area (Å²) in [5, 5.41) is 12.4. The summed E-state index contributed by atoms with van der Waals surface area (Å²) in [6.45, 7) is 2.24. The highest BCUT2D eigenvalue weighted by Crippen LogP contribution is 2.31. The Bertz CT molecular complexity index is 466. The van der Waals surface area contributed by atoms with Gasteiger partial charge in [0, 0.05) is 6.04 Å². The lowest BCUT2D eigenvalue weighted by atomic mass is 9.83. The van der Waals surface area contributed by atoms with Crippen LogP contribution in [-0.4, -0.2) is 17.1 Å². The second-order valence-electron chi connectivity index (χ2n) is 5.76. The maximum atomic E-state index is 11.0. The zero-order chi connectivity index (χ0) is 14.5. The minimum atomic E-state index is -0.917. The number of carboxylic acid groups (broad SMARTS) is 1. The van der Waals surface area contributed by atoms with Crippen LogP contribution in [0.3, 0.4) is 0 Å². The van der Waals surface area contributed by atoms with Crippen molar-refractivity contribution in [2.45, 2.75) is 51.5 Å². The SMILES string of the molecule is CCCC1CCC(Nc2cc(C(=O)O)ccc2N)CC1. The van der Waals surface area contributed by atoms with Crippen molar-refractivity contribution in [2.24, 2.45) is 5.92 Å². The standard InChI is InChI=1S/C16H24N2O2/c1-2-3-11-4-7-13(8-5-11)18-15-10-12(16(19)20)6-9-14(15)17/h6,9-11,13,18H,2-5,7-8,17H2,1H3,(H,19,20). The smallest absolute Gasteiger partial charge is 0.335 e. The fourth-order valence-corrected chi connectivity index (χ4v) is 3.04. The largest absolute Gasteiger partial charge is 0.478 e. The highest BCUT2D eigenvalue weighted by molar-refractivity contribution is 5.90. The molecule has 0 aromatic heterocycles. The van der Waals surface area contributed by atoms with Gasteiger partial charge in [-0.25, -0.2) is 4.79 Å². The van der Waals surface area contributed by atoms with Crippen LogP contribution in [0, 0.1) is 5.92 Å². The summed E-state index contributed by atoms with van der Waals surface area (Å²) in [4.78, 5) is 11.0. The van der Waals surface area contributed by atoms with Gasteiger partial charge in [-0.3, -0.25) is 0 Å². The van der Waals surface area contributed by atoms with Crippen molar-refractivity contribution in [3.8, 4) is 0 Å². The van der Waals surface area contributed by atoms with Gasteiger partial charge < -0.3 is 16.2 Å². The lowest BCUT2D eigenvalue weighted by Crippen LogP contribution is -2.26. The van der Waals surface area contributed by atoms with Crippen molar-refractivity contribution >= 4 is 17.3 Å². The van der Waals surface area contributed by atoms with Crippen LogP contribution in [0.4, 0.5) is 11.4 Å². The van der Waals surface area contributed by atoms with E-state index in [1.54, 1.807) is 18.2 Å². The van der Waals surface area contributed by atoms with Crippen LogP contribution in [0.5, 0.6) is 0 Å². The molecule has 1 aliphatic rings. The van der Waals surface area contributed by atoms with Gasteiger partial charge >= 0.3 is 5.97 Å². The third kappa shape index (κ3) is 3.65. The van der Waals surface area contributed by atoms with Crippen LogP contribution in [-0.2, 0) is 0 Å². The molecule has 2 rings (SSSR count). The maximum absolute atomic E-state index is 11.0. The Kier molecular flexibility index (Phi) is 4.88. The predicted octanol–water partition coefficient (Wildman–Crippen LogP) is 3.74. The van der Waals surface area contributed by atoms with E-state index in [9.17, 15) is 4.79 Å². The number of aromatic carboxylic acids is 1. The maximum Gasteiger partial charge on any atom is 0.335 e. The average Bonchev–Trinajstić information content (AvgIpc) is 2.43. The normalized spacial score (nSPS) is 22.4. The van der Waals surface area contributed by atoms with E-state index < -0.39 is 5.97 Å². The van der Waals surface area contributed by atoms with Crippen LogP contribution in [0.1, 0.15) is 55.8 Å². The third-order valence-corrected chi connectivity index (χ3v) is 4.20. The van der Waals surface area contributed by atoms with Crippen molar-refractivity contribution in [3.05, 3.63) is 23.8 Å². The molecule has 1 aromatic carbocycles. The van der Waals surface area contributed by atoms with Gasteiger partial charge in [-0.2, -0.15) is 0 Å². The molecule has 0 unspecified atom stereocenters. The molecule has 110 valence electrons. The number of rotatable bonds is 5. The highest BCUT2D eigenvalue weighted by atomic mass is 16.4. The van der Waals surface area contributed by atoms with Crippen LogP contribution in [0.2, 0.25) is 0 Å². The van der Waals surface area contributed by atoms with E-state index in [0.717, 1.165) is 24.4 Å². The number of carbonyl (C=O) groups is 1. The van der Waals surface area contributed by atoms with E-state index in [1.165, 1.54) is 25.7 Å². The van der Waals surface area contributed by atoms with Gasteiger partial charge in [-0.05, 0) is 49.8 Å². The zero-order valence-electron chi connectivity index (χ0n) is 12.1. The van der Waals surface area contributed by atoms with Gasteiger partial charge in [0.1, 0.15) is 0 Å². The van der Waals surface area contributed by atoms with E-state index in [2.05, 4.69) is 12.2 Å². The minimum absolute atomic E-state index is 0.279. The van der Waals surface area contributed by atoms with Crippen LogP contribution >= 0.6 is 0 Å². The Labute approximate surface area is 120 Å². The van der Waals surface area contributed by atoms with Gasteiger partial charge in [0.25, 0.3) is 0 Å². The summed E-state index contributed by atoms with van der Waals surface area (Å²) in [6.07, 6.45) is 7.37. The van der Waals surface area contributed by atoms with Crippen LogP contribution in [0.25, 0.3) is 0 Å². The van der Waals surface area contributed by atoms with Crippen molar-refractivity contribution in [1.29, 1.82) is 0 Å². The first kappa shape index (κ1) is 14.7. The second kappa shape index (κ2) is 6.64. The quantitative estimate of drug-likeness (QED) is 0.716. The number of carboxylic acids is 1. The van der Waals surface area contributed by atoms with E-state index >= 15 is 0 Å². The molecule has 1 aromatic rings. The van der Waals surface area contributed by atoms with Gasteiger partial charge in [0.2, 0.25) is 0 Å². The first-order chi connectivity index (χ1) is 9.60. The zero-order valence-corrected chi connectivity index (χ0v) is 12.1. The Hall–Kier alpha value is -1.71. The molecule has 1 saturated carbocycles. The third-order valence-electron chi connectivity index (χ3n) is 4.20. The Morgan fingerprint density at radius 1 is 1.35 bits per heavy atom. The second-order valence-corrected chi connectivity index (χ2v) is 5.76. The molecular weight excluding hydrogens is 252 g/mol. The number of nitrogen functional groups attached to an aromatic ring is 1. The number of nitrogens with two attached hydrogens (primary N) is 1. The number of nitrogens with one attached hydrogen (secondary N) is 1. The molecule has 0 atom stereocenters. The minimum Gasteiger partial charge on any atom is -0.478 e. The number of hydrogen-bond acceptors (Lipinski definition) is 3.